The molecular weight excluding hydrogens is 511 g/mol. The Hall–Kier alpha value is -3.57. The Kier molecular flexibility index (Phi) is 7.57. The van der Waals surface area contributed by atoms with Crippen LogP contribution >= 0.6 is 0 Å². The van der Waals surface area contributed by atoms with Crippen LogP contribution in [0.4, 0.5) is 4.39 Å². The molecule has 0 saturated carbocycles. The van der Waals surface area contributed by atoms with Crippen LogP contribution in [-0.4, -0.2) is 33.4 Å². The lowest BCUT2D eigenvalue weighted by atomic mass is 9.91. The number of sulfonamides is 1. The van der Waals surface area contributed by atoms with Crippen LogP contribution in [0.25, 0.3) is 22.6 Å². The molecule has 1 fully saturated rings. The fraction of sp³-hybridized carbons (Fsp3) is 0.250. The van der Waals surface area contributed by atoms with Crippen molar-refractivity contribution in [2.75, 3.05) is 13.7 Å². The molecule has 0 amide bonds. The summed E-state index contributed by atoms with van der Waals surface area (Å²) < 4.78 is 60.6. The molecular formula is C28H27FN2O6S. The van der Waals surface area contributed by atoms with Gasteiger partial charge in [0.1, 0.15) is 17.3 Å². The molecule has 10 heteroatoms. The number of rotatable bonds is 8. The molecule has 3 aromatic carbocycles. The first kappa shape index (κ1) is 26.1. The van der Waals surface area contributed by atoms with Crippen molar-refractivity contribution in [2.24, 2.45) is 5.14 Å². The number of nitrogens with zero attached hydrogens (tertiary/aromatic N) is 1. The molecule has 8 nitrogen and oxygen atoms in total. The zero-order valence-electron chi connectivity index (χ0n) is 20.7. The van der Waals surface area contributed by atoms with E-state index in [4.69, 9.17) is 23.8 Å². The first-order valence-corrected chi connectivity index (χ1v) is 13.6. The second-order valence-corrected chi connectivity index (χ2v) is 10.5. The number of aromatic nitrogens is 1. The van der Waals surface area contributed by atoms with Gasteiger partial charge < -0.3 is 18.6 Å². The lowest BCUT2D eigenvalue weighted by Gasteiger charge is -2.29. The third-order valence-electron chi connectivity index (χ3n) is 6.40. The molecule has 0 spiro atoms. The second kappa shape index (κ2) is 11.0. The van der Waals surface area contributed by atoms with Crippen LogP contribution in [0.1, 0.15) is 30.2 Å². The molecule has 1 saturated heterocycles. The van der Waals surface area contributed by atoms with Gasteiger partial charge in [-0.15, -0.1) is 0 Å². The van der Waals surface area contributed by atoms with Gasteiger partial charge in [0, 0.05) is 30.7 Å². The molecule has 2 unspecified atom stereocenters. The van der Waals surface area contributed by atoms with Gasteiger partial charge in [0.15, 0.2) is 18.7 Å². The summed E-state index contributed by atoms with van der Waals surface area (Å²) in [6, 6.07) is 20.1. The Morgan fingerprint density at radius 3 is 2.53 bits per heavy atom. The molecule has 0 radical (unpaired) electrons. The topological polar surface area (TPSA) is 114 Å². The van der Waals surface area contributed by atoms with Crippen molar-refractivity contribution in [2.45, 2.75) is 36.6 Å². The Morgan fingerprint density at radius 1 is 1.05 bits per heavy atom. The van der Waals surface area contributed by atoms with E-state index >= 15 is 0 Å². The zero-order chi connectivity index (χ0) is 26.7. The van der Waals surface area contributed by atoms with Crippen LogP contribution in [-0.2, 0) is 26.1 Å². The van der Waals surface area contributed by atoms with Gasteiger partial charge >= 0.3 is 0 Å². The van der Waals surface area contributed by atoms with Crippen molar-refractivity contribution < 1.29 is 31.4 Å². The molecule has 2 N–H and O–H groups in total. The molecule has 5 rings (SSSR count). The highest BCUT2D eigenvalue weighted by Crippen LogP contribution is 2.35. The molecule has 0 aliphatic carbocycles. The van der Waals surface area contributed by atoms with Crippen LogP contribution in [0.3, 0.4) is 0 Å². The Labute approximate surface area is 220 Å². The van der Waals surface area contributed by atoms with E-state index < -0.39 is 15.8 Å². The number of primary sulfonamides is 1. The SMILES string of the molecule is COC1CC(c2cc(F)cc(OCc3nc(-c4ccccc4)c(-c4ccc(S(N)(=O)=O)cc4)o3)c2)CCO1. The minimum Gasteiger partial charge on any atom is -0.484 e. The molecule has 2 atom stereocenters. The van der Waals surface area contributed by atoms with Gasteiger partial charge in [-0.3, -0.25) is 0 Å². The van der Waals surface area contributed by atoms with E-state index in [-0.39, 0.29) is 29.6 Å². The van der Waals surface area contributed by atoms with E-state index in [0.29, 0.717) is 35.8 Å². The maximum atomic E-state index is 14.5. The van der Waals surface area contributed by atoms with E-state index in [1.165, 1.54) is 24.3 Å². The predicted molar refractivity (Wildman–Crippen MR) is 138 cm³/mol. The highest BCUT2D eigenvalue weighted by atomic mass is 32.2. The number of hydrogen-bond acceptors (Lipinski definition) is 7. The summed E-state index contributed by atoms with van der Waals surface area (Å²) in [6.45, 7) is 0.502. The average Bonchev–Trinajstić information content (AvgIpc) is 3.36. The second-order valence-electron chi connectivity index (χ2n) is 8.99. The first-order valence-electron chi connectivity index (χ1n) is 12.1. The predicted octanol–water partition coefficient (Wildman–Crippen LogP) is 5.24. The summed E-state index contributed by atoms with van der Waals surface area (Å²) in [5.41, 5.74) is 2.82. The fourth-order valence-electron chi connectivity index (χ4n) is 4.48. The van der Waals surface area contributed by atoms with Gasteiger partial charge in [-0.25, -0.2) is 22.9 Å². The van der Waals surface area contributed by atoms with Gasteiger partial charge in [0.2, 0.25) is 15.9 Å². The Balaban J connectivity index is 1.41. The number of oxazole rings is 1. The molecule has 4 aromatic rings. The fourth-order valence-corrected chi connectivity index (χ4v) is 5.00. The van der Waals surface area contributed by atoms with Crippen molar-refractivity contribution in [3.05, 3.63) is 90.1 Å². The zero-order valence-corrected chi connectivity index (χ0v) is 21.5. The van der Waals surface area contributed by atoms with Crippen molar-refractivity contribution in [3.8, 4) is 28.3 Å². The van der Waals surface area contributed by atoms with E-state index in [9.17, 15) is 12.8 Å². The smallest absolute Gasteiger partial charge is 0.238 e. The maximum Gasteiger partial charge on any atom is 0.238 e. The third kappa shape index (κ3) is 5.94. The highest BCUT2D eigenvalue weighted by molar-refractivity contribution is 7.89. The summed E-state index contributed by atoms with van der Waals surface area (Å²) in [5.74, 6) is 0.782. The monoisotopic (exact) mass is 538 g/mol. The molecule has 1 aliphatic heterocycles. The van der Waals surface area contributed by atoms with E-state index in [1.54, 1.807) is 19.2 Å². The summed E-state index contributed by atoms with van der Waals surface area (Å²) in [5, 5.41) is 5.23. The van der Waals surface area contributed by atoms with Crippen LogP contribution in [0.5, 0.6) is 5.75 Å². The van der Waals surface area contributed by atoms with Crippen molar-refractivity contribution in [3.63, 3.8) is 0 Å². The quantitative estimate of drug-likeness (QED) is 0.326. The standard InChI is InChI=1S/C28H27FN2O6S/c1-34-26-15-20(11-12-35-26)21-13-22(29)16-23(14-21)36-17-25-31-27(18-5-3-2-4-6-18)28(37-25)19-7-9-24(10-8-19)38(30,32)33/h2-10,13-14,16,20,26H,11-12,15,17H2,1H3,(H2,30,32,33). The number of halogens is 1. The minimum absolute atomic E-state index is 0.00570. The number of ether oxygens (including phenoxy) is 3. The number of nitrogens with two attached hydrogens (primary N) is 1. The molecule has 2 heterocycles. The van der Waals surface area contributed by atoms with Gasteiger partial charge in [-0.2, -0.15) is 0 Å². The van der Waals surface area contributed by atoms with E-state index in [2.05, 4.69) is 4.98 Å². The summed E-state index contributed by atoms with van der Waals surface area (Å²) in [7, 11) is -2.24. The number of hydrogen-bond donors (Lipinski definition) is 1. The Morgan fingerprint density at radius 2 is 1.82 bits per heavy atom. The van der Waals surface area contributed by atoms with E-state index in [0.717, 1.165) is 17.5 Å². The van der Waals surface area contributed by atoms with E-state index in [1.807, 2.05) is 36.4 Å². The molecule has 38 heavy (non-hydrogen) atoms. The van der Waals surface area contributed by atoms with Crippen molar-refractivity contribution in [1.82, 2.24) is 4.98 Å². The van der Waals surface area contributed by atoms with Crippen LogP contribution < -0.4 is 9.88 Å². The minimum atomic E-state index is -3.83. The first-order chi connectivity index (χ1) is 18.3. The van der Waals surface area contributed by atoms with Crippen LogP contribution in [0.2, 0.25) is 0 Å². The molecule has 198 valence electrons. The van der Waals surface area contributed by atoms with Gasteiger partial charge in [-0.1, -0.05) is 30.3 Å². The summed E-state index contributed by atoms with van der Waals surface area (Å²) in [4.78, 5) is 4.63. The Bertz CT molecular complexity index is 1510. The summed E-state index contributed by atoms with van der Waals surface area (Å²) >= 11 is 0. The largest absolute Gasteiger partial charge is 0.484 e. The third-order valence-corrected chi connectivity index (χ3v) is 7.33. The van der Waals surface area contributed by atoms with Gasteiger partial charge in [0.05, 0.1) is 11.5 Å². The lowest BCUT2D eigenvalue weighted by molar-refractivity contribution is -0.150. The van der Waals surface area contributed by atoms with Crippen LogP contribution in [0.15, 0.2) is 82.1 Å². The molecule has 1 aromatic heterocycles. The van der Waals surface area contributed by atoms with Gasteiger partial charge in [0.25, 0.3) is 0 Å². The number of methoxy groups -OCH3 is 1. The molecule has 0 bridgehead atoms. The maximum absolute atomic E-state index is 14.5. The highest BCUT2D eigenvalue weighted by Gasteiger charge is 2.25. The molecule has 1 aliphatic rings. The number of benzene rings is 3. The summed E-state index contributed by atoms with van der Waals surface area (Å²) in [6.07, 6.45) is 1.08. The lowest BCUT2D eigenvalue weighted by Crippen LogP contribution is -2.26. The normalized spacial score (nSPS) is 17.9. The van der Waals surface area contributed by atoms with Crippen LogP contribution in [0, 0.1) is 5.82 Å². The van der Waals surface area contributed by atoms with Crippen molar-refractivity contribution >= 4 is 10.0 Å². The van der Waals surface area contributed by atoms with Crippen molar-refractivity contribution in [1.29, 1.82) is 0 Å². The van der Waals surface area contributed by atoms with Gasteiger partial charge in [-0.05, 0) is 54.3 Å². The average molecular weight is 539 g/mol.